The van der Waals surface area contributed by atoms with Gasteiger partial charge in [-0.1, -0.05) is 13.8 Å². The maximum Gasteiger partial charge on any atom is 0.355 e. The lowest BCUT2D eigenvalue weighted by atomic mass is 9.87. The summed E-state index contributed by atoms with van der Waals surface area (Å²) in [5, 5.41) is 0. The van der Waals surface area contributed by atoms with E-state index in [2.05, 4.69) is 0 Å². The van der Waals surface area contributed by atoms with Gasteiger partial charge in [-0.25, -0.2) is 0 Å². The summed E-state index contributed by atoms with van der Waals surface area (Å²) in [6.07, 6.45) is 0. The molecule has 0 bridgehead atoms. The Morgan fingerprint density at radius 3 is 1.75 bits per heavy atom. The molecule has 8 heavy (non-hydrogen) atoms. The third-order valence-electron chi connectivity index (χ3n) is 0.789. The highest BCUT2D eigenvalue weighted by Crippen LogP contribution is 2.31. The van der Waals surface area contributed by atoms with Crippen LogP contribution in [0.1, 0.15) is 13.8 Å². The van der Waals surface area contributed by atoms with Gasteiger partial charge in [0, 0.05) is 0 Å². The molecule has 0 saturated heterocycles. The van der Waals surface area contributed by atoms with Crippen molar-refractivity contribution >= 4 is 48.4 Å². The first-order chi connectivity index (χ1) is 3.50. The normalized spacial score (nSPS) is 11.6. The summed E-state index contributed by atoms with van der Waals surface area (Å²) in [5.74, 6) is 0. The van der Waals surface area contributed by atoms with Crippen LogP contribution >= 0.6 is 34.0 Å². The highest BCUT2D eigenvalue weighted by molar-refractivity contribution is 7.38. The van der Waals surface area contributed by atoms with E-state index in [9.17, 15) is 0 Å². The van der Waals surface area contributed by atoms with Crippen LogP contribution < -0.4 is 0 Å². The maximum absolute atomic E-state index is 5.56. The summed E-state index contributed by atoms with van der Waals surface area (Å²) in [6.45, 7) is 3.87. The minimum Gasteiger partial charge on any atom is -0.171 e. The zero-order valence-electron chi connectivity index (χ0n) is 4.71. The Kier molecular flexibility index (Phi) is 3.84. The SMILES string of the molecule is CC(C)([Si]Cl)B(Cl)Cl. The van der Waals surface area contributed by atoms with Crippen LogP contribution in [0.5, 0.6) is 0 Å². The second-order valence-corrected chi connectivity index (χ2v) is 5.26. The molecule has 0 nitrogen and oxygen atoms in total. The fraction of sp³-hybridized carbons (Fsp3) is 1.00. The summed E-state index contributed by atoms with van der Waals surface area (Å²) in [4.78, 5) is -0.134. The van der Waals surface area contributed by atoms with Crippen molar-refractivity contribution in [3.8, 4) is 0 Å². The van der Waals surface area contributed by atoms with E-state index >= 15 is 0 Å². The first-order valence-corrected chi connectivity index (χ1v) is 5.05. The molecule has 0 aliphatic carbocycles. The van der Waals surface area contributed by atoms with Crippen LogP contribution in [0, 0.1) is 0 Å². The van der Waals surface area contributed by atoms with E-state index in [0.717, 1.165) is 0 Å². The smallest absolute Gasteiger partial charge is 0.171 e. The molecule has 0 atom stereocenters. The van der Waals surface area contributed by atoms with Gasteiger partial charge in [-0.3, -0.25) is 0 Å². The van der Waals surface area contributed by atoms with E-state index in [4.69, 9.17) is 34.0 Å². The van der Waals surface area contributed by atoms with Crippen molar-refractivity contribution < 1.29 is 0 Å². The Bertz CT molecular complexity index is 74.9. The van der Waals surface area contributed by atoms with Gasteiger partial charge >= 0.3 is 5.54 Å². The Morgan fingerprint density at radius 2 is 1.75 bits per heavy atom. The summed E-state index contributed by atoms with van der Waals surface area (Å²) in [5.41, 5.74) is -0.363. The lowest BCUT2D eigenvalue weighted by molar-refractivity contribution is 0.956. The van der Waals surface area contributed by atoms with Crippen molar-refractivity contribution in [2.45, 2.75) is 18.8 Å². The van der Waals surface area contributed by atoms with Crippen molar-refractivity contribution in [2.24, 2.45) is 0 Å². The molecule has 0 heterocycles. The Hall–Kier alpha value is 1.15. The fourth-order valence-corrected chi connectivity index (χ4v) is 1.11. The lowest BCUT2D eigenvalue weighted by Gasteiger charge is -2.17. The van der Waals surface area contributed by atoms with Gasteiger partial charge in [0.15, 0.2) is 8.83 Å². The molecule has 0 amide bonds. The van der Waals surface area contributed by atoms with Crippen LogP contribution in [0.25, 0.3) is 0 Å². The summed E-state index contributed by atoms with van der Waals surface area (Å²) in [7, 11) is 0.273. The number of hydrogen-bond donors (Lipinski definition) is 0. The van der Waals surface area contributed by atoms with Crippen molar-refractivity contribution in [1.82, 2.24) is 0 Å². The minimum absolute atomic E-state index is 0.134. The van der Waals surface area contributed by atoms with Crippen LogP contribution in [0.2, 0.25) is 4.94 Å². The van der Waals surface area contributed by atoms with Gasteiger partial charge in [-0.2, -0.15) is 34.0 Å². The molecule has 0 aliphatic rings. The molecule has 0 aliphatic heterocycles. The largest absolute Gasteiger partial charge is 0.355 e. The molecule has 0 N–H and O–H groups in total. The van der Waals surface area contributed by atoms with E-state index in [1.165, 1.54) is 0 Å². The summed E-state index contributed by atoms with van der Waals surface area (Å²) in [6, 6.07) is 0. The maximum atomic E-state index is 5.56. The molecule has 0 unspecified atom stereocenters. The van der Waals surface area contributed by atoms with Gasteiger partial charge in [0.2, 0.25) is 0 Å². The van der Waals surface area contributed by atoms with E-state index in [1.54, 1.807) is 0 Å². The number of rotatable bonds is 2. The predicted octanol–water partition coefficient (Wildman–Crippen LogP) is 2.55. The standard InChI is InChI=1S/C3H6BCl3Si/c1-3(2,8-7)4(5)6/h1-2H3. The van der Waals surface area contributed by atoms with Gasteiger partial charge in [0.1, 0.15) is 0 Å². The molecule has 5 heteroatoms. The molecular weight excluding hydrogens is 181 g/mol. The van der Waals surface area contributed by atoms with Gasteiger partial charge in [-0.05, 0) is 4.94 Å². The third-order valence-corrected chi connectivity index (χ3v) is 4.48. The first kappa shape index (κ1) is 9.15. The summed E-state index contributed by atoms with van der Waals surface area (Å²) < 4.78 is 0. The molecule has 0 fully saturated rings. The molecule has 0 rings (SSSR count). The summed E-state index contributed by atoms with van der Waals surface area (Å²) >= 11 is 16.7. The third kappa shape index (κ3) is 2.63. The van der Waals surface area contributed by atoms with Crippen LogP contribution in [-0.4, -0.2) is 14.4 Å². The Morgan fingerprint density at radius 1 is 1.38 bits per heavy atom. The quantitative estimate of drug-likeness (QED) is 0.460. The predicted molar refractivity (Wildman–Crippen MR) is 43.1 cm³/mol. The van der Waals surface area contributed by atoms with Crippen molar-refractivity contribution in [3.05, 3.63) is 0 Å². The molecule has 2 radical (unpaired) electrons. The van der Waals surface area contributed by atoms with Gasteiger partial charge in [-0.15, -0.1) is 0 Å². The highest BCUT2D eigenvalue weighted by Gasteiger charge is 2.30. The Labute approximate surface area is 67.3 Å². The molecule has 46 valence electrons. The highest BCUT2D eigenvalue weighted by atomic mass is 35.6. The van der Waals surface area contributed by atoms with Gasteiger partial charge in [0.25, 0.3) is 0 Å². The molecule has 0 aromatic rings. The molecule has 0 spiro atoms. The number of hydrogen-bond acceptors (Lipinski definition) is 0. The van der Waals surface area contributed by atoms with Crippen molar-refractivity contribution in [1.29, 1.82) is 0 Å². The zero-order chi connectivity index (χ0) is 6.78. The molecule has 0 aromatic carbocycles. The minimum atomic E-state index is -0.363. The van der Waals surface area contributed by atoms with E-state index in [0.29, 0.717) is 0 Å². The second-order valence-electron chi connectivity index (χ2n) is 2.12. The first-order valence-electron chi connectivity index (χ1n) is 2.16. The van der Waals surface area contributed by atoms with Crippen LogP contribution in [0.4, 0.5) is 0 Å². The lowest BCUT2D eigenvalue weighted by Crippen LogP contribution is -2.20. The molecule has 0 saturated carbocycles. The molecular formula is C3H6BCl3Si. The average Bonchev–Trinajstić information content (AvgIpc) is 1.67. The van der Waals surface area contributed by atoms with Crippen LogP contribution in [0.15, 0.2) is 0 Å². The van der Waals surface area contributed by atoms with Crippen molar-refractivity contribution in [2.75, 3.05) is 0 Å². The van der Waals surface area contributed by atoms with Gasteiger partial charge < -0.3 is 0 Å². The van der Waals surface area contributed by atoms with E-state index < -0.39 is 0 Å². The number of halogens is 3. The Balaban J connectivity index is 3.71. The topological polar surface area (TPSA) is 0 Å². The second kappa shape index (κ2) is 3.35. The van der Waals surface area contributed by atoms with E-state index in [1.807, 2.05) is 13.8 Å². The monoisotopic (exact) mass is 186 g/mol. The average molecular weight is 187 g/mol. The fourth-order valence-electron chi connectivity index (χ4n) is 0.0412. The molecule has 0 aromatic heterocycles. The van der Waals surface area contributed by atoms with E-state index in [-0.39, 0.29) is 19.3 Å². The van der Waals surface area contributed by atoms with Crippen molar-refractivity contribution in [3.63, 3.8) is 0 Å². The van der Waals surface area contributed by atoms with Crippen LogP contribution in [0.3, 0.4) is 0 Å². The zero-order valence-corrected chi connectivity index (χ0v) is 7.98. The van der Waals surface area contributed by atoms with Gasteiger partial charge in [0.05, 0.1) is 0 Å². The van der Waals surface area contributed by atoms with Crippen LogP contribution in [-0.2, 0) is 0 Å².